The van der Waals surface area contributed by atoms with E-state index in [1.165, 1.54) is 33.3 Å². The van der Waals surface area contributed by atoms with Crippen LogP contribution in [0.25, 0.3) is 0 Å². The van der Waals surface area contributed by atoms with Crippen molar-refractivity contribution in [3.8, 4) is 5.75 Å². The number of aryl methyl sites for hydroxylation is 1. The van der Waals surface area contributed by atoms with Gasteiger partial charge in [-0.25, -0.2) is 0 Å². The third-order valence-corrected chi connectivity index (χ3v) is 7.78. The average Bonchev–Trinajstić information content (AvgIpc) is 2.94. The van der Waals surface area contributed by atoms with Gasteiger partial charge in [-0.15, -0.1) is 0 Å². The first-order valence-electron chi connectivity index (χ1n) is 11.8. The van der Waals surface area contributed by atoms with Crippen molar-refractivity contribution in [3.63, 3.8) is 0 Å². The number of benzene rings is 1. The molecule has 0 radical (unpaired) electrons. The second-order valence-electron chi connectivity index (χ2n) is 10.0. The SMILES string of the molecule is CC(=O)Oc1ccc2c(c1)CC[C@H]1[C@@H]3[C@H](OC(C)=O)[C@H](OC(C)=O)[C@H](OC(C)=O)[C@@]3(C)CC[C@H]21. The molecule has 0 spiro atoms. The van der Waals surface area contributed by atoms with Crippen molar-refractivity contribution in [2.24, 2.45) is 17.3 Å². The molecule has 7 atom stereocenters. The molecule has 34 heavy (non-hydrogen) atoms. The van der Waals surface area contributed by atoms with Gasteiger partial charge < -0.3 is 18.9 Å². The highest BCUT2D eigenvalue weighted by atomic mass is 16.6. The van der Waals surface area contributed by atoms with Crippen molar-refractivity contribution in [2.45, 2.75) is 84.5 Å². The van der Waals surface area contributed by atoms with Gasteiger partial charge >= 0.3 is 23.9 Å². The summed E-state index contributed by atoms with van der Waals surface area (Å²) >= 11 is 0. The normalized spacial score (nSPS) is 33.6. The molecule has 0 aliphatic heterocycles. The maximum atomic E-state index is 12.1. The van der Waals surface area contributed by atoms with Crippen molar-refractivity contribution in [2.75, 3.05) is 0 Å². The number of rotatable bonds is 4. The average molecular weight is 473 g/mol. The number of carbonyl (C=O) groups excluding carboxylic acids is 4. The van der Waals surface area contributed by atoms with Gasteiger partial charge in [-0.05, 0) is 60.8 Å². The van der Waals surface area contributed by atoms with Gasteiger partial charge in [-0.3, -0.25) is 19.2 Å². The summed E-state index contributed by atoms with van der Waals surface area (Å²) in [6.45, 7) is 7.42. The molecular formula is C26H32O8. The van der Waals surface area contributed by atoms with Crippen LogP contribution in [-0.4, -0.2) is 42.2 Å². The molecule has 0 saturated heterocycles. The zero-order valence-corrected chi connectivity index (χ0v) is 20.3. The Morgan fingerprint density at radius 3 is 2.12 bits per heavy atom. The molecule has 8 nitrogen and oxygen atoms in total. The van der Waals surface area contributed by atoms with Crippen LogP contribution in [0.3, 0.4) is 0 Å². The molecule has 8 heteroatoms. The monoisotopic (exact) mass is 472 g/mol. The molecule has 0 N–H and O–H groups in total. The molecule has 3 aliphatic carbocycles. The quantitative estimate of drug-likeness (QED) is 0.373. The Bertz CT molecular complexity index is 1020. The molecule has 0 amide bonds. The summed E-state index contributed by atoms with van der Waals surface area (Å²) < 4.78 is 22.5. The van der Waals surface area contributed by atoms with E-state index < -0.39 is 41.6 Å². The van der Waals surface area contributed by atoms with Gasteiger partial charge in [0.2, 0.25) is 0 Å². The number of ether oxygens (including phenoxy) is 4. The molecular weight excluding hydrogens is 440 g/mol. The van der Waals surface area contributed by atoms with Gasteiger partial charge in [0.05, 0.1) is 0 Å². The summed E-state index contributed by atoms with van der Waals surface area (Å²) in [6.07, 6.45) is 0.932. The predicted octanol–water partition coefficient (Wildman–Crippen LogP) is 3.48. The van der Waals surface area contributed by atoms with Crippen LogP contribution in [0.4, 0.5) is 0 Å². The number of fused-ring (bicyclic) bond motifs is 5. The fourth-order valence-corrected chi connectivity index (χ4v) is 6.80. The summed E-state index contributed by atoms with van der Waals surface area (Å²) in [5.74, 6) is -1.04. The van der Waals surface area contributed by atoms with Crippen LogP contribution in [0.1, 0.15) is 70.9 Å². The second kappa shape index (κ2) is 9.04. The minimum atomic E-state index is -0.855. The zero-order valence-electron chi connectivity index (χ0n) is 20.3. The molecule has 2 saturated carbocycles. The van der Waals surface area contributed by atoms with Crippen molar-refractivity contribution in [1.29, 1.82) is 0 Å². The zero-order chi connectivity index (χ0) is 24.8. The van der Waals surface area contributed by atoms with E-state index in [4.69, 9.17) is 18.9 Å². The van der Waals surface area contributed by atoms with E-state index in [-0.39, 0.29) is 23.7 Å². The lowest BCUT2D eigenvalue weighted by molar-refractivity contribution is -0.178. The van der Waals surface area contributed by atoms with Crippen molar-refractivity contribution >= 4 is 23.9 Å². The van der Waals surface area contributed by atoms with Gasteiger partial charge in [0.25, 0.3) is 0 Å². The summed E-state index contributed by atoms with van der Waals surface area (Å²) in [5.41, 5.74) is 1.84. The van der Waals surface area contributed by atoms with Crippen LogP contribution in [-0.2, 0) is 39.8 Å². The van der Waals surface area contributed by atoms with Gasteiger partial charge in [0.15, 0.2) is 6.10 Å². The fourth-order valence-electron chi connectivity index (χ4n) is 6.80. The third kappa shape index (κ3) is 4.30. The Kier molecular flexibility index (Phi) is 6.44. The molecule has 2 fully saturated rings. The van der Waals surface area contributed by atoms with E-state index in [0.717, 1.165) is 31.2 Å². The molecule has 0 aromatic heterocycles. The van der Waals surface area contributed by atoms with Crippen LogP contribution in [0, 0.1) is 17.3 Å². The number of hydrogen-bond acceptors (Lipinski definition) is 8. The second-order valence-corrected chi connectivity index (χ2v) is 10.0. The summed E-state index contributed by atoms with van der Waals surface area (Å²) in [5, 5.41) is 0. The molecule has 1 aromatic carbocycles. The van der Waals surface area contributed by atoms with Crippen LogP contribution in [0.5, 0.6) is 5.75 Å². The van der Waals surface area contributed by atoms with Crippen LogP contribution >= 0.6 is 0 Å². The standard InChI is InChI=1S/C26H32O8/c1-13(27)31-18-7-9-19-17(12-18)6-8-21-20(19)10-11-26(5)22(21)23(32-14(2)28)24(33-15(3)29)25(26)34-16(4)30/h7,9,12,20-25H,6,8,10-11H2,1-5H3/t20-,21-,22-,23+,24+,25+,26+/m1/s1. The van der Waals surface area contributed by atoms with E-state index in [1.807, 2.05) is 18.2 Å². The molecule has 3 aliphatic rings. The van der Waals surface area contributed by atoms with E-state index in [9.17, 15) is 19.2 Å². The highest BCUT2D eigenvalue weighted by molar-refractivity contribution is 5.70. The molecule has 1 aromatic rings. The number of carbonyl (C=O) groups is 4. The summed E-state index contributed by atoms with van der Waals surface area (Å²) in [6, 6.07) is 5.77. The van der Waals surface area contributed by atoms with Gasteiger partial charge in [-0.2, -0.15) is 0 Å². The summed E-state index contributed by atoms with van der Waals surface area (Å²) in [4.78, 5) is 47.5. The first-order chi connectivity index (χ1) is 16.0. The summed E-state index contributed by atoms with van der Waals surface area (Å²) in [7, 11) is 0. The minimum absolute atomic E-state index is 0.147. The van der Waals surface area contributed by atoms with E-state index >= 15 is 0 Å². The Morgan fingerprint density at radius 2 is 1.50 bits per heavy atom. The van der Waals surface area contributed by atoms with Crippen molar-refractivity contribution < 1.29 is 38.1 Å². The molecule has 0 unspecified atom stereocenters. The van der Waals surface area contributed by atoms with Gasteiger partial charge in [-0.1, -0.05) is 13.0 Å². The lowest BCUT2D eigenvalue weighted by Gasteiger charge is -2.50. The first-order valence-corrected chi connectivity index (χ1v) is 11.8. The largest absolute Gasteiger partial charge is 0.458 e. The smallest absolute Gasteiger partial charge is 0.308 e. The Morgan fingerprint density at radius 1 is 0.853 bits per heavy atom. The lowest BCUT2D eigenvalue weighted by Crippen LogP contribution is -2.47. The fraction of sp³-hybridized carbons (Fsp3) is 0.615. The van der Waals surface area contributed by atoms with Crippen molar-refractivity contribution in [3.05, 3.63) is 29.3 Å². The minimum Gasteiger partial charge on any atom is -0.458 e. The highest BCUT2D eigenvalue weighted by Gasteiger charge is 2.67. The Hall–Kier alpha value is -2.90. The van der Waals surface area contributed by atoms with E-state index in [1.54, 1.807) is 0 Å². The molecule has 4 rings (SSSR count). The Labute approximate surface area is 199 Å². The molecule has 184 valence electrons. The number of esters is 4. The number of hydrogen-bond donors (Lipinski definition) is 0. The lowest BCUT2D eigenvalue weighted by atomic mass is 9.55. The van der Waals surface area contributed by atoms with Crippen LogP contribution in [0.2, 0.25) is 0 Å². The highest BCUT2D eigenvalue weighted by Crippen LogP contribution is 2.62. The topological polar surface area (TPSA) is 105 Å². The van der Waals surface area contributed by atoms with Crippen LogP contribution in [0.15, 0.2) is 18.2 Å². The first kappa shape index (κ1) is 24.2. The van der Waals surface area contributed by atoms with Crippen LogP contribution < -0.4 is 4.74 Å². The van der Waals surface area contributed by atoms with Gasteiger partial charge in [0, 0.05) is 39.0 Å². The van der Waals surface area contributed by atoms with E-state index in [0.29, 0.717) is 5.75 Å². The Balaban J connectivity index is 1.74. The molecule has 0 bridgehead atoms. The predicted molar refractivity (Wildman–Crippen MR) is 120 cm³/mol. The van der Waals surface area contributed by atoms with E-state index in [2.05, 4.69) is 6.92 Å². The van der Waals surface area contributed by atoms with Gasteiger partial charge in [0.1, 0.15) is 18.0 Å². The molecule has 0 heterocycles. The third-order valence-electron chi connectivity index (χ3n) is 7.78. The van der Waals surface area contributed by atoms with Crippen molar-refractivity contribution in [1.82, 2.24) is 0 Å². The maximum absolute atomic E-state index is 12.1. The maximum Gasteiger partial charge on any atom is 0.308 e.